The van der Waals surface area contributed by atoms with Gasteiger partial charge in [-0.3, -0.25) is 0 Å². The highest BCUT2D eigenvalue weighted by Gasteiger charge is 2.34. The second kappa shape index (κ2) is 7.64. The number of aliphatic hydroxyl groups is 1. The molecule has 1 aromatic carbocycles. The zero-order valence-corrected chi connectivity index (χ0v) is 17.6. The zero-order chi connectivity index (χ0) is 20.7. The quantitative estimate of drug-likeness (QED) is 0.670. The first-order chi connectivity index (χ1) is 14.5. The molecule has 2 aliphatic rings. The minimum Gasteiger partial charge on any atom is -0.388 e. The summed E-state index contributed by atoms with van der Waals surface area (Å²) in [5.74, 6) is 1.35. The van der Waals surface area contributed by atoms with Gasteiger partial charge in [-0.15, -0.1) is 5.10 Å². The van der Waals surface area contributed by atoms with Crippen molar-refractivity contribution >= 4 is 34.5 Å². The Labute approximate surface area is 179 Å². The van der Waals surface area contributed by atoms with Gasteiger partial charge in [0.1, 0.15) is 0 Å². The summed E-state index contributed by atoms with van der Waals surface area (Å²) in [5, 5.41) is 19.9. The van der Waals surface area contributed by atoms with E-state index in [1.807, 2.05) is 31.2 Å². The lowest BCUT2D eigenvalue weighted by Gasteiger charge is -2.28. The Morgan fingerprint density at radius 1 is 1.13 bits per heavy atom. The third-order valence-electron chi connectivity index (χ3n) is 5.66. The van der Waals surface area contributed by atoms with Gasteiger partial charge in [-0.05, 0) is 25.0 Å². The molecule has 30 heavy (non-hydrogen) atoms. The molecule has 3 aromatic rings. The van der Waals surface area contributed by atoms with Crippen LogP contribution in [0.25, 0.3) is 11.2 Å². The minimum atomic E-state index is -0.746. The fourth-order valence-corrected chi connectivity index (χ4v) is 4.17. The predicted octanol–water partition coefficient (Wildman–Crippen LogP) is 1.72. The lowest BCUT2D eigenvalue weighted by Crippen LogP contribution is -2.38. The number of benzene rings is 1. The van der Waals surface area contributed by atoms with E-state index < -0.39 is 5.60 Å². The molecule has 2 aromatic heterocycles. The summed E-state index contributed by atoms with van der Waals surface area (Å²) in [6.45, 7) is 6.27. The molecule has 0 aliphatic carbocycles. The SMILES string of the molecule is C[C@@]1(O)CCN(c2nc(N3CCOCC3)nc3c2nnn3Cc2ccccc2Cl)C1. The number of halogens is 1. The lowest BCUT2D eigenvalue weighted by atomic mass is 10.1. The average molecular weight is 430 g/mol. The molecule has 0 bridgehead atoms. The van der Waals surface area contributed by atoms with Gasteiger partial charge in [-0.2, -0.15) is 9.97 Å². The number of β-amino-alcohol motifs (C(OH)–C–C–N with tert-alkyl or cyclic N) is 1. The van der Waals surface area contributed by atoms with Crippen LogP contribution < -0.4 is 9.80 Å². The minimum absolute atomic E-state index is 0.465. The first kappa shape index (κ1) is 19.5. The number of anilines is 2. The fourth-order valence-electron chi connectivity index (χ4n) is 3.98. The molecule has 2 fully saturated rings. The molecule has 158 valence electrons. The van der Waals surface area contributed by atoms with E-state index in [0.717, 1.165) is 18.7 Å². The van der Waals surface area contributed by atoms with Crippen LogP contribution in [0.2, 0.25) is 5.02 Å². The molecule has 0 radical (unpaired) electrons. The summed E-state index contributed by atoms with van der Waals surface area (Å²) >= 11 is 6.36. The van der Waals surface area contributed by atoms with E-state index in [0.29, 0.717) is 67.2 Å². The van der Waals surface area contributed by atoms with Crippen molar-refractivity contribution in [3.05, 3.63) is 34.9 Å². The first-order valence-electron chi connectivity index (χ1n) is 10.1. The van der Waals surface area contributed by atoms with Gasteiger partial charge in [0.25, 0.3) is 0 Å². The highest BCUT2D eigenvalue weighted by Crippen LogP contribution is 2.31. The van der Waals surface area contributed by atoms with Crippen LogP contribution in [0, 0.1) is 0 Å². The fraction of sp³-hybridized carbons (Fsp3) is 0.500. The third-order valence-corrected chi connectivity index (χ3v) is 6.02. The predicted molar refractivity (Wildman–Crippen MR) is 114 cm³/mol. The molecule has 0 unspecified atom stereocenters. The normalized spacial score (nSPS) is 22.2. The van der Waals surface area contributed by atoms with Gasteiger partial charge in [-0.1, -0.05) is 35.0 Å². The van der Waals surface area contributed by atoms with E-state index >= 15 is 0 Å². The summed E-state index contributed by atoms with van der Waals surface area (Å²) in [4.78, 5) is 13.9. The van der Waals surface area contributed by atoms with Crippen molar-refractivity contribution in [2.24, 2.45) is 0 Å². The van der Waals surface area contributed by atoms with Gasteiger partial charge in [0.2, 0.25) is 5.95 Å². The molecule has 2 aliphatic heterocycles. The molecule has 1 atom stereocenters. The molecule has 4 heterocycles. The maximum absolute atomic E-state index is 10.5. The van der Waals surface area contributed by atoms with Gasteiger partial charge in [0.15, 0.2) is 17.0 Å². The molecular formula is C20H24ClN7O2. The molecule has 0 amide bonds. The summed E-state index contributed by atoms with van der Waals surface area (Å²) in [7, 11) is 0. The Morgan fingerprint density at radius 3 is 2.67 bits per heavy atom. The third kappa shape index (κ3) is 3.68. The summed E-state index contributed by atoms with van der Waals surface area (Å²) in [6, 6.07) is 7.69. The smallest absolute Gasteiger partial charge is 0.229 e. The van der Waals surface area contributed by atoms with Crippen molar-refractivity contribution in [3.8, 4) is 0 Å². The monoisotopic (exact) mass is 429 g/mol. The van der Waals surface area contributed by atoms with Crippen molar-refractivity contribution in [2.75, 3.05) is 49.2 Å². The summed E-state index contributed by atoms with van der Waals surface area (Å²) < 4.78 is 7.25. The van der Waals surface area contributed by atoms with Crippen LogP contribution in [0.15, 0.2) is 24.3 Å². The Bertz CT molecular complexity index is 1060. The highest BCUT2D eigenvalue weighted by atomic mass is 35.5. The number of aromatic nitrogens is 5. The number of hydrogen-bond acceptors (Lipinski definition) is 8. The van der Waals surface area contributed by atoms with E-state index in [9.17, 15) is 5.11 Å². The number of hydrogen-bond donors (Lipinski definition) is 1. The van der Waals surface area contributed by atoms with Crippen LogP contribution in [0.5, 0.6) is 0 Å². The van der Waals surface area contributed by atoms with Crippen molar-refractivity contribution in [3.63, 3.8) is 0 Å². The van der Waals surface area contributed by atoms with E-state index in [4.69, 9.17) is 26.3 Å². The maximum atomic E-state index is 10.5. The number of morpholine rings is 1. The standard InChI is InChI=1S/C20H24ClN7O2/c1-20(29)6-7-27(13-20)17-16-18(23-19(22-17)26-8-10-30-11-9-26)28(25-24-16)12-14-4-2-3-5-15(14)21/h2-5,29H,6-13H2,1H3/t20-/m1/s1. The molecule has 5 rings (SSSR count). The first-order valence-corrected chi connectivity index (χ1v) is 10.5. The van der Waals surface area contributed by atoms with E-state index in [-0.39, 0.29) is 0 Å². The number of ether oxygens (including phenoxy) is 1. The van der Waals surface area contributed by atoms with Crippen LogP contribution in [-0.2, 0) is 11.3 Å². The zero-order valence-electron chi connectivity index (χ0n) is 16.8. The van der Waals surface area contributed by atoms with E-state index in [1.165, 1.54) is 0 Å². The molecular weight excluding hydrogens is 406 g/mol. The van der Waals surface area contributed by atoms with Gasteiger partial charge < -0.3 is 19.6 Å². The van der Waals surface area contributed by atoms with Crippen LogP contribution in [-0.4, -0.2) is 75.1 Å². The number of nitrogens with zero attached hydrogens (tertiary/aromatic N) is 7. The lowest BCUT2D eigenvalue weighted by molar-refractivity contribution is 0.0839. The van der Waals surface area contributed by atoms with Gasteiger partial charge >= 0.3 is 0 Å². The topological polar surface area (TPSA) is 92.4 Å². The molecule has 2 saturated heterocycles. The van der Waals surface area contributed by atoms with Crippen molar-refractivity contribution < 1.29 is 9.84 Å². The highest BCUT2D eigenvalue weighted by molar-refractivity contribution is 6.31. The second-order valence-corrected chi connectivity index (χ2v) is 8.53. The Kier molecular flexibility index (Phi) is 4.96. The van der Waals surface area contributed by atoms with Crippen molar-refractivity contribution in [2.45, 2.75) is 25.5 Å². The van der Waals surface area contributed by atoms with Crippen LogP contribution in [0.3, 0.4) is 0 Å². The average Bonchev–Trinajstić information content (AvgIpc) is 3.32. The van der Waals surface area contributed by atoms with Crippen molar-refractivity contribution in [1.29, 1.82) is 0 Å². The molecule has 0 saturated carbocycles. The largest absolute Gasteiger partial charge is 0.388 e. The van der Waals surface area contributed by atoms with Gasteiger partial charge in [0.05, 0.1) is 25.4 Å². The molecule has 1 N–H and O–H groups in total. The maximum Gasteiger partial charge on any atom is 0.229 e. The van der Waals surface area contributed by atoms with Gasteiger partial charge in [0, 0.05) is 31.2 Å². The Balaban J connectivity index is 1.59. The summed E-state index contributed by atoms with van der Waals surface area (Å²) in [5.41, 5.74) is 1.50. The van der Waals surface area contributed by atoms with E-state index in [1.54, 1.807) is 4.68 Å². The van der Waals surface area contributed by atoms with Crippen LogP contribution >= 0.6 is 11.6 Å². The van der Waals surface area contributed by atoms with Crippen LogP contribution in [0.4, 0.5) is 11.8 Å². The van der Waals surface area contributed by atoms with Crippen molar-refractivity contribution in [1.82, 2.24) is 25.0 Å². The Morgan fingerprint density at radius 2 is 1.93 bits per heavy atom. The summed E-state index contributed by atoms with van der Waals surface area (Å²) in [6.07, 6.45) is 0.680. The number of rotatable bonds is 4. The van der Waals surface area contributed by atoms with Crippen LogP contribution in [0.1, 0.15) is 18.9 Å². The van der Waals surface area contributed by atoms with E-state index in [2.05, 4.69) is 20.1 Å². The second-order valence-electron chi connectivity index (χ2n) is 8.13. The van der Waals surface area contributed by atoms with Gasteiger partial charge in [-0.25, -0.2) is 4.68 Å². The Hall–Kier alpha value is -2.49. The molecule has 10 heteroatoms. The number of fused-ring (bicyclic) bond motifs is 1. The molecule has 9 nitrogen and oxygen atoms in total. The molecule has 0 spiro atoms.